The molecule has 0 spiro atoms. The lowest BCUT2D eigenvalue weighted by atomic mass is 9.90. The van der Waals surface area contributed by atoms with E-state index in [2.05, 4.69) is 40.5 Å². The molecule has 1 aliphatic rings. The topological polar surface area (TPSA) is 24.5 Å². The van der Waals surface area contributed by atoms with Crippen molar-refractivity contribution in [2.75, 3.05) is 46.4 Å². The summed E-state index contributed by atoms with van der Waals surface area (Å²) < 4.78 is 5.03. The van der Waals surface area contributed by atoms with E-state index >= 15 is 0 Å². The average molecular weight is 290 g/mol. The Kier molecular flexibility index (Phi) is 7.79. The van der Waals surface area contributed by atoms with Crippen LogP contribution in [0.5, 0.6) is 0 Å². The number of piperidine rings is 1. The molecule has 3 heteroatoms. The third-order valence-corrected chi connectivity index (χ3v) is 4.39. The monoisotopic (exact) mass is 290 g/mol. The summed E-state index contributed by atoms with van der Waals surface area (Å²) in [7, 11) is 1.75. The third-order valence-electron chi connectivity index (χ3n) is 4.39. The SMILES string of the molecule is COCCNCCCN1CCC(Cc2ccccc2)CC1. The molecule has 0 unspecified atom stereocenters. The number of hydrogen-bond acceptors (Lipinski definition) is 3. The lowest BCUT2D eigenvalue weighted by Crippen LogP contribution is -2.36. The molecule has 1 N–H and O–H groups in total. The van der Waals surface area contributed by atoms with E-state index in [1.807, 2.05) is 0 Å². The van der Waals surface area contributed by atoms with Crippen LogP contribution in [0, 0.1) is 5.92 Å². The first-order valence-corrected chi connectivity index (χ1v) is 8.34. The van der Waals surface area contributed by atoms with Crippen LogP contribution in [0.3, 0.4) is 0 Å². The zero-order valence-electron chi connectivity index (χ0n) is 13.4. The summed E-state index contributed by atoms with van der Waals surface area (Å²) in [5.74, 6) is 0.878. The summed E-state index contributed by atoms with van der Waals surface area (Å²) in [6.07, 6.45) is 5.21. The van der Waals surface area contributed by atoms with Gasteiger partial charge < -0.3 is 15.0 Å². The number of hydrogen-bond donors (Lipinski definition) is 1. The van der Waals surface area contributed by atoms with Crippen LogP contribution in [-0.4, -0.2) is 51.3 Å². The van der Waals surface area contributed by atoms with Crippen molar-refractivity contribution in [2.45, 2.75) is 25.7 Å². The number of benzene rings is 1. The van der Waals surface area contributed by atoms with Crippen LogP contribution < -0.4 is 5.32 Å². The lowest BCUT2D eigenvalue weighted by molar-refractivity contribution is 0.179. The number of ether oxygens (including phenoxy) is 1. The van der Waals surface area contributed by atoms with E-state index in [4.69, 9.17) is 4.74 Å². The van der Waals surface area contributed by atoms with E-state index in [9.17, 15) is 0 Å². The number of nitrogens with zero attached hydrogens (tertiary/aromatic N) is 1. The van der Waals surface area contributed by atoms with Crippen molar-refractivity contribution in [1.82, 2.24) is 10.2 Å². The quantitative estimate of drug-likeness (QED) is 0.708. The van der Waals surface area contributed by atoms with Gasteiger partial charge in [0.1, 0.15) is 0 Å². The van der Waals surface area contributed by atoms with E-state index in [1.54, 1.807) is 7.11 Å². The Morgan fingerprint density at radius 1 is 1.14 bits per heavy atom. The number of rotatable bonds is 9. The molecule has 0 aromatic heterocycles. The predicted molar refractivity (Wildman–Crippen MR) is 88.7 cm³/mol. The van der Waals surface area contributed by atoms with Gasteiger partial charge in [0.25, 0.3) is 0 Å². The summed E-state index contributed by atoms with van der Waals surface area (Å²) >= 11 is 0. The van der Waals surface area contributed by atoms with Gasteiger partial charge in [-0.2, -0.15) is 0 Å². The van der Waals surface area contributed by atoms with Gasteiger partial charge in [-0.25, -0.2) is 0 Å². The zero-order valence-corrected chi connectivity index (χ0v) is 13.4. The molecule has 1 aromatic rings. The van der Waals surface area contributed by atoms with Crippen LogP contribution in [0.15, 0.2) is 30.3 Å². The van der Waals surface area contributed by atoms with E-state index in [-0.39, 0.29) is 0 Å². The Labute approximate surface area is 129 Å². The van der Waals surface area contributed by atoms with Crippen LogP contribution in [0.2, 0.25) is 0 Å². The van der Waals surface area contributed by atoms with Crippen molar-refractivity contribution in [3.8, 4) is 0 Å². The smallest absolute Gasteiger partial charge is 0.0587 e. The summed E-state index contributed by atoms with van der Waals surface area (Å²) in [4.78, 5) is 2.62. The van der Waals surface area contributed by atoms with Gasteiger partial charge in [0.05, 0.1) is 6.61 Å². The van der Waals surface area contributed by atoms with Crippen molar-refractivity contribution < 1.29 is 4.74 Å². The molecule has 0 aliphatic carbocycles. The molecule has 118 valence electrons. The van der Waals surface area contributed by atoms with Crippen molar-refractivity contribution >= 4 is 0 Å². The highest BCUT2D eigenvalue weighted by Crippen LogP contribution is 2.21. The minimum Gasteiger partial charge on any atom is -0.383 e. The second kappa shape index (κ2) is 9.93. The molecule has 0 amide bonds. The van der Waals surface area contributed by atoms with Gasteiger partial charge in [0.15, 0.2) is 0 Å². The van der Waals surface area contributed by atoms with E-state index in [0.717, 1.165) is 25.6 Å². The highest BCUT2D eigenvalue weighted by atomic mass is 16.5. The highest BCUT2D eigenvalue weighted by molar-refractivity contribution is 5.15. The summed E-state index contributed by atoms with van der Waals surface area (Å²) in [5.41, 5.74) is 1.50. The molecule has 2 rings (SSSR count). The van der Waals surface area contributed by atoms with Crippen LogP contribution in [0.25, 0.3) is 0 Å². The van der Waals surface area contributed by atoms with Crippen molar-refractivity contribution in [2.24, 2.45) is 5.92 Å². The first-order chi connectivity index (χ1) is 10.4. The molecule has 21 heavy (non-hydrogen) atoms. The van der Waals surface area contributed by atoms with Gasteiger partial charge in [-0.15, -0.1) is 0 Å². The summed E-state index contributed by atoms with van der Waals surface area (Å²) in [5, 5.41) is 3.42. The van der Waals surface area contributed by atoms with Crippen LogP contribution >= 0.6 is 0 Å². The minimum absolute atomic E-state index is 0.810. The molecule has 0 bridgehead atoms. The second-order valence-corrected chi connectivity index (χ2v) is 6.07. The second-order valence-electron chi connectivity index (χ2n) is 6.07. The highest BCUT2D eigenvalue weighted by Gasteiger charge is 2.18. The molecular weight excluding hydrogens is 260 g/mol. The molecule has 0 atom stereocenters. The van der Waals surface area contributed by atoms with Gasteiger partial charge in [-0.1, -0.05) is 30.3 Å². The molecular formula is C18H30N2O. The molecule has 0 saturated carbocycles. The van der Waals surface area contributed by atoms with E-state index in [1.165, 1.54) is 50.9 Å². The molecule has 0 radical (unpaired) electrons. The Morgan fingerprint density at radius 2 is 1.90 bits per heavy atom. The standard InChI is InChI=1S/C18H30N2O/c1-21-15-11-19-10-5-12-20-13-8-18(9-14-20)16-17-6-3-2-4-7-17/h2-4,6-7,18-19H,5,8-16H2,1H3. The average Bonchev–Trinajstić information content (AvgIpc) is 2.53. The van der Waals surface area contributed by atoms with Crippen LogP contribution in [0.4, 0.5) is 0 Å². The fourth-order valence-electron chi connectivity index (χ4n) is 3.09. The van der Waals surface area contributed by atoms with Crippen LogP contribution in [0.1, 0.15) is 24.8 Å². The first kappa shape index (κ1) is 16.5. The van der Waals surface area contributed by atoms with E-state index in [0.29, 0.717) is 0 Å². The molecule has 1 fully saturated rings. The van der Waals surface area contributed by atoms with Crippen molar-refractivity contribution in [3.63, 3.8) is 0 Å². The van der Waals surface area contributed by atoms with Gasteiger partial charge >= 0.3 is 0 Å². The number of nitrogens with one attached hydrogen (secondary N) is 1. The largest absolute Gasteiger partial charge is 0.383 e. The maximum atomic E-state index is 5.03. The van der Waals surface area contributed by atoms with Gasteiger partial charge in [-0.3, -0.25) is 0 Å². The summed E-state index contributed by atoms with van der Waals surface area (Å²) in [6, 6.07) is 10.9. The Morgan fingerprint density at radius 3 is 2.62 bits per heavy atom. The number of methoxy groups -OCH3 is 1. The fraction of sp³-hybridized carbons (Fsp3) is 0.667. The zero-order chi connectivity index (χ0) is 14.8. The van der Waals surface area contributed by atoms with Gasteiger partial charge in [-0.05, 0) is 63.3 Å². The van der Waals surface area contributed by atoms with Gasteiger partial charge in [0.2, 0.25) is 0 Å². The molecule has 1 heterocycles. The predicted octanol–water partition coefficient (Wildman–Crippen LogP) is 2.57. The normalized spacial score (nSPS) is 17.2. The van der Waals surface area contributed by atoms with Crippen LogP contribution in [-0.2, 0) is 11.2 Å². The number of likely N-dealkylation sites (tertiary alicyclic amines) is 1. The van der Waals surface area contributed by atoms with Crippen molar-refractivity contribution in [1.29, 1.82) is 0 Å². The third kappa shape index (κ3) is 6.60. The molecule has 1 aliphatic heterocycles. The Balaban J connectivity index is 1.54. The minimum atomic E-state index is 0.810. The maximum absolute atomic E-state index is 5.03. The Bertz CT molecular complexity index is 361. The van der Waals surface area contributed by atoms with Crippen molar-refractivity contribution in [3.05, 3.63) is 35.9 Å². The Hall–Kier alpha value is -0.900. The lowest BCUT2D eigenvalue weighted by Gasteiger charge is -2.32. The van der Waals surface area contributed by atoms with Gasteiger partial charge in [0, 0.05) is 13.7 Å². The summed E-state index contributed by atoms with van der Waals surface area (Å²) in [6.45, 7) is 6.66. The molecule has 3 nitrogen and oxygen atoms in total. The molecule has 1 saturated heterocycles. The first-order valence-electron chi connectivity index (χ1n) is 8.34. The maximum Gasteiger partial charge on any atom is 0.0587 e. The molecule has 1 aromatic carbocycles. The van der Waals surface area contributed by atoms with E-state index < -0.39 is 0 Å². The fourth-order valence-corrected chi connectivity index (χ4v) is 3.09.